The molecule has 0 radical (unpaired) electrons. The summed E-state index contributed by atoms with van der Waals surface area (Å²) in [7, 11) is 0. The van der Waals surface area contributed by atoms with E-state index in [9.17, 15) is 0 Å². The highest BCUT2D eigenvalue weighted by Crippen LogP contribution is 2.22. The number of rotatable bonds is 2. The first-order valence-electron chi connectivity index (χ1n) is 5.80. The van der Waals surface area contributed by atoms with Crippen LogP contribution >= 0.6 is 0 Å². The second-order valence-electron chi connectivity index (χ2n) is 4.23. The zero-order chi connectivity index (χ0) is 10.4. The maximum atomic E-state index is 5.77. The van der Waals surface area contributed by atoms with E-state index in [1.165, 1.54) is 32.1 Å². The molecule has 0 bridgehead atoms. The average Bonchev–Trinajstić information content (AvgIpc) is 2.33. The summed E-state index contributed by atoms with van der Waals surface area (Å²) in [6.45, 7) is 5.08. The maximum absolute atomic E-state index is 5.77. The molecule has 0 aromatic carbocycles. The van der Waals surface area contributed by atoms with Gasteiger partial charge in [-0.05, 0) is 25.7 Å². The van der Waals surface area contributed by atoms with Gasteiger partial charge in [-0.2, -0.15) is 0 Å². The molecule has 1 aliphatic rings. The van der Waals surface area contributed by atoms with E-state index < -0.39 is 0 Å². The van der Waals surface area contributed by atoms with Gasteiger partial charge in [0.2, 0.25) is 0 Å². The zero-order valence-corrected chi connectivity index (χ0v) is 9.42. The summed E-state index contributed by atoms with van der Waals surface area (Å²) < 4.78 is 0. The highest BCUT2D eigenvalue weighted by Gasteiger charge is 2.19. The SMILES string of the molecule is CCN=C(N)NC1CCCCCC1C. The largest absolute Gasteiger partial charge is 0.370 e. The van der Waals surface area contributed by atoms with Gasteiger partial charge in [-0.3, -0.25) is 4.99 Å². The first-order chi connectivity index (χ1) is 6.74. The van der Waals surface area contributed by atoms with Crippen LogP contribution in [0.2, 0.25) is 0 Å². The Morgan fingerprint density at radius 2 is 2.07 bits per heavy atom. The molecule has 0 aromatic rings. The monoisotopic (exact) mass is 197 g/mol. The van der Waals surface area contributed by atoms with Gasteiger partial charge in [0, 0.05) is 12.6 Å². The summed E-state index contributed by atoms with van der Waals surface area (Å²) >= 11 is 0. The van der Waals surface area contributed by atoms with Crippen LogP contribution in [0.5, 0.6) is 0 Å². The Morgan fingerprint density at radius 1 is 1.36 bits per heavy atom. The van der Waals surface area contributed by atoms with Crippen LogP contribution in [0.15, 0.2) is 4.99 Å². The Morgan fingerprint density at radius 3 is 2.79 bits per heavy atom. The second kappa shape index (κ2) is 5.89. The summed E-state index contributed by atoms with van der Waals surface area (Å²) in [5.74, 6) is 1.34. The molecule has 2 unspecified atom stereocenters. The minimum Gasteiger partial charge on any atom is -0.370 e. The van der Waals surface area contributed by atoms with Crippen molar-refractivity contribution in [1.82, 2.24) is 5.32 Å². The minimum atomic E-state index is 0.535. The normalized spacial score (nSPS) is 29.7. The van der Waals surface area contributed by atoms with Gasteiger partial charge >= 0.3 is 0 Å². The number of aliphatic imine (C=N–C) groups is 1. The van der Waals surface area contributed by atoms with Crippen molar-refractivity contribution in [3.05, 3.63) is 0 Å². The number of hydrogen-bond acceptors (Lipinski definition) is 1. The minimum absolute atomic E-state index is 0.535. The summed E-state index contributed by atoms with van der Waals surface area (Å²) in [5.41, 5.74) is 5.77. The Kier molecular flexibility index (Phi) is 4.77. The Bertz CT molecular complexity index is 189. The van der Waals surface area contributed by atoms with Crippen molar-refractivity contribution in [1.29, 1.82) is 0 Å². The van der Waals surface area contributed by atoms with Crippen molar-refractivity contribution in [2.24, 2.45) is 16.6 Å². The quantitative estimate of drug-likeness (QED) is 0.403. The highest BCUT2D eigenvalue weighted by atomic mass is 15.1. The Balaban J connectivity index is 2.44. The lowest BCUT2D eigenvalue weighted by atomic mass is 9.97. The number of hydrogen-bond donors (Lipinski definition) is 2. The van der Waals surface area contributed by atoms with Gasteiger partial charge in [-0.25, -0.2) is 0 Å². The Labute approximate surface area is 87.2 Å². The molecule has 0 spiro atoms. The van der Waals surface area contributed by atoms with Gasteiger partial charge in [0.1, 0.15) is 0 Å². The van der Waals surface area contributed by atoms with Crippen LogP contribution in [-0.2, 0) is 0 Å². The van der Waals surface area contributed by atoms with Crippen LogP contribution in [0.1, 0.15) is 46.0 Å². The van der Waals surface area contributed by atoms with E-state index in [-0.39, 0.29) is 0 Å². The first-order valence-corrected chi connectivity index (χ1v) is 5.80. The lowest BCUT2D eigenvalue weighted by Crippen LogP contribution is -2.43. The summed E-state index contributed by atoms with van der Waals surface area (Å²) in [6.07, 6.45) is 6.61. The van der Waals surface area contributed by atoms with Gasteiger partial charge in [0.15, 0.2) is 5.96 Å². The molecule has 0 saturated heterocycles. The van der Waals surface area contributed by atoms with Gasteiger partial charge < -0.3 is 11.1 Å². The number of guanidine groups is 1. The van der Waals surface area contributed by atoms with E-state index in [0.29, 0.717) is 12.0 Å². The molecule has 1 rings (SSSR count). The molecule has 3 heteroatoms. The smallest absolute Gasteiger partial charge is 0.188 e. The fraction of sp³-hybridized carbons (Fsp3) is 0.909. The van der Waals surface area contributed by atoms with Crippen molar-refractivity contribution >= 4 is 5.96 Å². The zero-order valence-electron chi connectivity index (χ0n) is 9.42. The highest BCUT2D eigenvalue weighted by molar-refractivity contribution is 5.78. The molecule has 2 atom stereocenters. The molecule has 3 N–H and O–H groups in total. The van der Waals surface area contributed by atoms with Crippen molar-refractivity contribution in [2.75, 3.05) is 6.54 Å². The van der Waals surface area contributed by atoms with Crippen molar-refractivity contribution in [3.63, 3.8) is 0 Å². The topological polar surface area (TPSA) is 50.4 Å². The summed E-state index contributed by atoms with van der Waals surface area (Å²) in [6, 6.07) is 0.535. The Hall–Kier alpha value is -0.730. The van der Waals surface area contributed by atoms with Crippen LogP contribution < -0.4 is 11.1 Å². The maximum Gasteiger partial charge on any atom is 0.188 e. The van der Waals surface area contributed by atoms with Gasteiger partial charge in [-0.1, -0.05) is 26.2 Å². The second-order valence-corrected chi connectivity index (χ2v) is 4.23. The predicted molar refractivity (Wildman–Crippen MR) is 61.3 cm³/mol. The standard InChI is InChI=1S/C11H23N3/c1-3-13-11(12)14-10-8-6-4-5-7-9(10)2/h9-10H,3-8H2,1-2H3,(H3,12,13,14). The predicted octanol–water partition coefficient (Wildman–Crippen LogP) is 1.88. The van der Waals surface area contributed by atoms with Crippen molar-refractivity contribution in [3.8, 4) is 0 Å². The molecule has 1 saturated carbocycles. The van der Waals surface area contributed by atoms with E-state index in [0.717, 1.165) is 12.5 Å². The van der Waals surface area contributed by atoms with Crippen LogP contribution in [0.4, 0.5) is 0 Å². The molecule has 82 valence electrons. The van der Waals surface area contributed by atoms with Crippen LogP contribution in [-0.4, -0.2) is 18.5 Å². The van der Waals surface area contributed by atoms with Gasteiger partial charge in [-0.15, -0.1) is 0 Å². The van der Waals surface area contributed by atoms with Crippen molar-refractivity contribution in [2.45, 2.75) is 52.0 Å². The van der Waals surface area contributed by atoms with E-state index in [1.807, 2.05) is 6.92 Å². The summed E-state index contributed by atoms with van der Waals surface area (Å²) in [4.78, 5) is 4.17. The fourth-order valence-electron chi connectivity index (χ4n) is 2.11. The number of nitrogens with zero attached hydrogens (tertiary/aromatic N) is 1. The molecule has 14 heavy (non-hydrogen) atoms. The third-order valence-corrected chi connectivity index (χ3v) is 3.02. The molecular weight excluding hydrogens is 174 g/mol. The molecule has 3 nitrogen and oxygen atoms in total. The molecule has 0 amide bonds. The summed E-state index contributed by atoms with van der Waals surface area (Å²) in [5, 5.41) is 3.34. The first kappa shape index (κ1) is 11.3. The lowest BCUT2D eigenvalue weighted by molar-refractivity contribution is 0.399. The molecule has 0 aromatic heterocycles. The average molecular weight is 197 g/mol. The fourth-order valence-corrected chi connectivity index (χ4v) is 2.11. The third kappa shape index (κ3) is 3.56. The van der Waals surface area contributed by atoms with Crippen LogP contribution in [0.3, 0.4) is 0 Å². The van der Waals surface area contributed by atoms with Crippen LogP contribution in [0, 0.1) is 5.92 Å². The molecular formula is C11H23N3. The number of nitrogens with one attached hydrogen (secondary N) is 1. The third-order valence-electron chi connectivity index (χ3n) is 3.02. The van der Waals surface area contributed by atoms with Crippen molar-refractivity contribution < 1.29 is 0 Å². The molecule has 0 aliphatic heterocycles. The van der Waals surface area contributed by atoms with Gasteiger partial charge in [0.25, 0.3) is 0 Å². The van der Waals surface area contributed by atoms with E-state index in [2.05, 4.69) is 17.2 Å². The van der Waals surface area contributed by atoms with Gasteiger partial charge in [0.05, 0.1) is 0 Å². The molecule has 1 fully saturated rings. The van der Waals surface area contributed by atoms with E-state index in [4.69, 9.17) is 5.73 Å². The molecule has 0 heterocycles. The van der Waals surface area contributed by atoms with E-state index >= 15 is 0 Å². The molecule has 1 aliphatic carbocycles. The lowest BCUT2D eigenvalue weighted by Gasteiger charge is -2.23. The van der Waals surface area contributed by atoms with Crippen LogP contribution in [0.25, 0.3) is 0 Å². The van der Waals surface area contributed by atoms with E-state index in [1.54, 1.807) is 0 Å². The number of nitrogens with two attached hydrogens (primary N) is 1.